The number of hydrogen-bond donors (Lipinski definition) is 1. The highest BCUT2D eigenvalue weighted by Gasteiger charge is 2.31. The summed E-state index contributed by atoms with van der Waals surface area (Å²) in [7, 11) is 0. The van der Waals surface area contributed by atoms with Crippen LogP contribution in [0.2, 0.25) is 0 Å². The number of halogens is 1. The predicted octanol–water partition coefficient (Wildman–Crippen LogP) is 5.31. The fourth-order valence-electron chi connectivity index (χ4n) is 3.08. The van der Waals surface area contributed by atoms with Gasteiger partial charge in [-0.15, -0.1) is 11.3 Å². The van der Waals surface area contributed by atoms with Crippen LogP contribution in [-0.4, -0.2) is 10.9 Å². The lowest BCUT2D eigenvalue weighted by Crippen LogP contribution is -2.27. The van der Waals surface area contributed by atoms with Crippen molar-refractivity contribution in [2.45, 2.75) is 40.0 Å². The van der Waals surface area contributed by atoms with Gasteiger partial charge in [-0.25, -0.2) is 4.98 Å². The van der Waals surface area contributed by atoms with Crippen molar-refractivity contribution in [1.29, 1.82) is 0 Å². The number of amides is 1. The third kappa shape index (κ3) is 3.66. The molecule has 2 heterocycles. The molecular weight excluding hydrogens is 372 g/mol. The Morgan fingerprint density at radius 2 is 2.17 bits per heavy atom. The molecule has 3 rings (SSSR count). The molecule has 0 aromatic carbocycles. The van der Waals surface area contributed by atoms with Crippen molar-refractivity contribution in [3.05, 3.63) is 44.2 Å². The van der Waals surface area contributed by atoms with Gasteiger partial charge in [0.1, 0.15) is 5.82 Å². The largest absolute Gasteiger partial charge is 0.307 e. The molecule has 0 bridgehead atoms. The van der Waals surface area contributed by atoms with Gasteiger partial charge in [0.25, 0.3) is 5.91 Å². The number of nitrogens with one attached hydrogen (secondary N) is 1. The summed E-state index contributed by atoms with van der Waals surface area (Å²) in [6.45, 7) is 6.93. The minimum Gasteiger partial charge on any atom is -0.307 e. The molecule has 0 radical (unpaired) electrons. The van der Waals surface area contributed by atoms with E-state index in [0.717, 1.165) is 29.3 Å². The van der Waals surface area contributed by atoms with Gasteiger partial charge >= 0.3 is 0 Å². The predicted molar refractivity (Wildman–Crippen MR) is 99.2 cm³/mol. The van der Waals surface area contributed by atoms with Gasteiger partial charge in [-0.1, -0.05) is 20.8 Å². The number of carbonyl (C=O) groups excluding carboxylic acids is 1. The molecule has 1 N–H and O–H groups in total. The normalized spacial score (nSPS) is 17.7. The highest BCUT2D eigenvalue weighted by Crippen LogP contribution is 2.40. The van der Waals surface area contributed by atoms with Crippen molar-refractivity contribution in [1.82, 2.24) is 4.98 Å². The average Bonchev–Trinajstić information content (AvgIpc) is 2.92. The molecule has 0 fully saturated rings. The fraction of sp³-hybridized carbons (Fsp3) is 0.444. The molecule has 0 spiro atoms. The van der Waals surface area contributed by atoms with Gasteiger partial charge in [-0.05, 0) is 64.2 Å². The Kier molecular flexibility index (Phi) is 4.61. The van der Waals surface area contributed by atoms with E-state index >= 15 is 0 Å². The topological polar surface area (TPSA) is 42.0 Å². The minimum absolute atomic E-state index is 0.0495. The van der Waals surface area contributed by atoms with Crippen molar-refractivity contribution in [2.75, 3.05) is 5.32 Å². The molecule has 1 atom stereocenters. The van der Waals surface area contributed by atoms with Crippen LogP contribution in [-0.2, 0) is 12.8 Å². The zero-order valence-corrected chi connectivity index (χ0v) is 16.1. The molecule has 23 heavy (non-hydrogen) atoms. The van der Waals surface area contributed by atoms with Crippen molar-refractivity contribution in [3.63, 3.8) is 0 Å². The SMILES string of the molecule is CC(C)(C)C1CCc2c(C(=O)Nc3ccc(Br)cn3)csc2C1. The Bertz CT molecular complexity index is 716. The monoisotopic (exact) mass is 392 g/mol. The maximum atomic E-state index is 12.6. The van der Waals surface area contributed by atoms with E-state index in [0.29, 0.717) is 17.2 Å². The summed E-state index contributed by atoms with van der Waals surface area (Å²) in [5.41, 5.74) is 2.39. The lowest BCUT2D eigenvalue weighted by atomic mass is 9.72. The Morgan fingerprint density at radius 1 is 1.39 bits per heavy atom. The first kappa shape index (κ1) is 16.7. The van der Waals surface area contributed by atoms with Gasteiger partial charge in [-0.2, -0.15) is 0 Å². The third-order valence-electron chi connectivity index (χ3n) is 4.59. The van der Waals surface area contributed by atoms with E-state index in [1.807, 2.05) is 11.4 Å². The van der Waals surface area contributed by atoms with Gasteiger partial charge in [0.05, 0.1) is 5.56 Å². The number of aromatic nitrogens is 1. The Labute approximate surface area is 149 Å². The van der Waals surface area contributed by atoms with E-state index in [1.54, 1.807) is 23.6 Å². The molecular formula is C18H21BrN2OS. The van der Waals surface area contributed by atoms with Gasteiger partial charge in [0.2, 0.25) is 0 Å². The second-order valence-electron chi connectivity index (χ2n) is 7.17. The molecule has 2 aromatic heterocycles. The van der Waals surface area contributed by atoms with Crippen LogP contribution >= 0.6 is 27.3 Å². The quantitative estimate of drug-likeness (QED) is 0.752. The first-order chi connectivity index (χ1) is 10.8. The lowest BCUT2D eigenvalue weighted by molar-refractivity contribution is 0.102. The summed E-state index contributed by atoms with van der Waals surface area (Å²) in [6, 6.07) is 3.68. The van der Waals surface area contributed by atoms with Crippen LogP contribution in [0.1, 0.15) is 48.0 Å². The van der Waals surface area contributed by atoms with Gasteiger partial charge < -0.3 is 5.32 Å². The highest BCUT2D eigenvalue weighted by molar-refractivity contribution is 9.10. The number of hydrogen-bond acceptors (Lipinski definition) is 3. The minimum atomic E-state index is -0.0495. The van der Waals surface area contributed by atoms with Gasteiger partial charge in [-0.3, -0.25) is 4.79 Å². The summed E-state index contributed by atoms with van der Waals surface area (Å²) in [5, 5.41) is 4.90. The van der Waals surface area contributed by atoms with Crippen LogP contribution in [0.3, 0.4) is 0 Å². The van der Waals surface area contributed by atoms with E-state index in [4.69, 9.17) is 0 Å². The molecule has 0 saturated heterocycles. The van der Waals surface area contributed by atoms with Gasteiger partial charge in [0.15, 0.2) is 0 Å². The fourth-order valence-corrected chi connectivity index (χ4v) is 4.47. The summed E-state index contributed by atoms with van der Waals surface area (Å²) in [5.74, 6) is 1.23. The molecule has 3 nitrogen and oxygen atoms in total. The van der Waals surface area contributed by atoms with E-state index in [9.17, 15) is 4.79 Å². The van der Waals surface area contributed by atoms with Crippen LogP contribution in [0.15, 0.2) is 28.2 Å². The molecule has 1 unspecified atom stereocenters. The average molecular weight is 393 g/mol. The molecule has 0 saturated carbocycles. The summed E-state index contributed by atoms with van der Waals surface area (Å²) < 4.78 is 0.900. The number of thiophene rings is 1. The maximum Gasteiger partial charge on any atom is 0.257 e. The zero-order chi connectivity index (χ0) is 16.6. The van der Waals surface area contributed by atoms with Crippen molar-refractivity contribution >= 4 is 39.0 Å². The molecule has 5 heteroatoms. The van der Waals surface area contributed by atoms with E-state index in [2.05, 4.69) is 47.0 Å². The standard InChI is InChI=1S/C18H21BrN2OS/c1-18(2,3)11-4-6-13-14(10-23-15(13)8-11)17(22)21-16-7-5-12(19)9-20-16/h5,7,9-11H,4,6,8H2,1-3H3,(H,20,21,22). The van der Waals surface area contributed by atoms with Gasteiger partial charge in [0, 0.05) is 20.9 Å². The number of pyridine rings is 1. The second-order valence-corrected chi connectivity index (χ2v) is 9.05. The number of nitrogens with zero attached hydrogens (tertiary/aromatic N) is 1. The number of anilines is 1. The van der Waals surface area contributed by atoms with Crippen molar-refractivity contribution in [2.24, 2.45) is 11.3 Å². The Morgan fingerprint density at radius 3 is 2.83 bits per heavy atom. The molecule has 0 aliphatic heterocycles. The first-order valence-electron chi connectivity index (χ1n) is 7.87. The Hall–Kier alpha value is -1.20. The number of fused-ring (bicyclic) bond motifs is 1. The number of rotatable bonds is 2. The second kappa shape index (κ2) is 6.36. The number of carbonyl (C=O) groups is 1. The maximum absolute atomic E-state index is 12.6. The van der Waals surface area contributed by atoms with Crippen molar-refractivity contribution < 1.29 is 4.79 Å². The Balaban J connectivity index is 1.76. The van der Waals surface area contributed by atoms with Crippen LogP contribution in [0.25, 0.3) is 0 Å². The zero-order valence-electron chi connectivity index (χ0n) is 13.6. The van der Waals surface area contributed by atoms with E-state index in [-0.39, 0.29) is 5.91 Å². The van der Waals surface area contributed by atoms with Crippen LogP contribution in [0.5, 0.6) is 0 Å². The van der Waals surface area contributed by atoms with Crippen LogP contribution in [0, 0.1) is 11.3 Å². The van der Waals surface area contributed by atoms with E-state index in [1.165, 1.54) is 10.4 Å². The smallest absolute Gasteiger partial charge is 0.257 e. The lowest BCUT2D eigenvalue weighted by Gasteiger charge is -2.34. The van der Waals surface area contributed by atoms with Crippen molar-refractivity contribution in [3.8, 4) is 0 Å². The molecule has 1 aliphatic rings. The first-order valence-corrected chi connectivity index (χ1v) is 9.54. The summed E-state index contributed by atoms with van der Waals surface area (Å²) in [6.07, 6.45) is 4.93. The molecule has 1 amide bonds. The summed E-state index contributed by atoms with van der Waals surface area (Å²) in [4.78, 5) is 18.1. The molecule has 122 valence electrons. The van der Waals surface area contributed by atoms with Crippen LogP contribution < -0.4 is 5.32 Å². The third-order valence-corrected chi connectivity index (χ3v) is 6.11. The van der Waals surface area contributed by atoms with Crippen LogP contribution in [0.4, 0.5) is 5.82 Å². The van der Waals surface area contributed by atoms with E-state index < -0.39 is 0 Å². The molecule has 1 aliphatic carbocycles. The highest BCUT2D eigenvalue weighted by atomic mass is 79.9. The summed E-state index contributed by atoms with van der Waals surface area (Å²) >= 11 is 5.07. The molecule has 2 aromatic rings.